The lowest BCUT2D eigenvalue weighted by Crippen LogP contribution is -2.64. The average molecular weight is 799 g/mol. The first-order valence-electron chi connectivity index (χ1n) is 22.2. The van der Waals surface area contributed by atoms with Crippen LogP contribution in [0, 0.1) is 11.8 Å². The fraction of sp³-hybridized carbons (Fsp3) is 0.886. The maximum absolute atomic E-state index is 14.1. The van der Waals surface area contributed by atoms with Gasteiger partial charge in [0.1, 0.15) is 42.7 Å². The number of hydrogen-bond acceptors (Lipinski definition) is 13. The van der Waals surface area contributed by atoms with Crippen molar-refractivity contribution in [3.63, 3.8) is 0 Å². The molecule has 12 bridgehead atoms. The zero-order valence-corrected chi connectivity index (χ0v) is 34.0. The van der Waals surface area contributed by atoms with Crippen molar-refractivity contribution in [1.29, 1.82) is 0 Å². The molecule has 0 aliphatic carbocycles. The normalized spacial score (nSPS) is 55.5. The summed E-state index contributed by atoms with van der Waals surface area (Å²) in [6.07, 6.45) is 4.24. The zero-order chi connectivity index (χ0) is 39.0. The number of carbonyl (C=O) groups is 1. The van der Waals surface area contributed by atoms with Gasteiger partial charge in [-0.2, -0.15) is 0 Å². The summed E-state index contributed by atoms with van der Waals surface area (Å²) in [7, 11) is 0. The lowest BCUT2D eigenvalue weighted by Gasteiger charge is -2.53. The van der Waals surface area contributed by atoms with Gasteiger partial charge in [0.2, 0.25) is 0 Å². The van der Waals surface area contributed by atoms with Crippen LogP contribution < -0.4 is 0 Å². The second-order valence-electron chi connectivity index (χ2n) is 19.8. The lowest BCUT2D eigenvalue weighted by molar-refractivity contribution is -0.356. The van der Waals surface area contributed by atoms with Crippen molar-refractivity contribution in [2.75, 3.05) is 6.61 Å². The highest BCUT2D eigenvalue weighted by Gasteiger charge is 2.69. The Hall–Kier alpha value is -1.49. The summed E-state index contributed by atoms with van der Waals surface area (Å²) < 4.78 is 80.1. The minimum Gasteiger partial charge on any atom is -0.459 e. The van der Waals surface area contributed by atoms with E-state index in [1.165, 1.54) is 0 Å². The van der Waals surface area contributed by atoms with Gasteiger partial charge in [0.05, 0.1) is 80.2 Å². The molecule has 0 aromatic carbocycles. The lowest BCUT2D eigenvalue weighted by atomic mass is 9.79. The summed E-state index contributed by atoms with van der Waals surface area (Å²) in [4.78, 5) is 14.1. The number of hydrogen-bond donors (Lipinski definition) is 0. The van der Waals surface area contributed by atoms with E-state index in [9.17, 15) is 4.79 Å². The molecule has 12 heterocycles. The van der Waals surface area contributed by atoms with E-state index < -0.39 is 23.8 Å². The molecule has 12 rings (SSSR count). The van der Waals surface area contributed by atoms with Gasteiger partial charge in [-0.05, 0) is 75.9 Å². The molecule has 12 aliphatic heterocycles. The first-order chi connectivity index (χ1) is 27.4. The summed E-state index contributed by atoms with van der Waals surface area (Å²) in [6, 6.07) is 0. The Bertz CT molecular complexity index is 1600. The van der Waals surface area contributed by atoms with E-state index >= 15 is 0 Å². The maximum Gasteiger partial charge on any atom is 0.308 e. The summed E-state index contributed by atoms with van der Waals surface area (Å²) in [5.41, 5.74) is 2.20. The quantitative estimate of drug-likeness (QED) is 0.241. The van der Waals surface area contributed by atoms with Crippen molar-refractivity contribution in [3.8, 4) is 0 Å². The van der Waals surface area contributed by atoms with Crippen molar-refractivity contribution in [2.24, 2.45) is 11.8 Å². The predicted octanol–water partition coefficient (Wildman–Crippen LogP) is 4.99. The van der Waals surface area contributed by atoms with Crippen LogP contribution in [-0.2, 0) is 61.6 Å². The van der Waals surface area contributed by atoms with E-state index in [-0.39, 0.29) is 122 Å². The molecule has 0 aromatic heterocycles. The molecule has 0 saturated carbocycles. The van der Waals surface area contributed by atoms with E-state index in [4.69, 9.17) is 56.8 Å². The molecule has 12 fully saturated rings. The second kappa shape index (κ2) is 14.3. The topological polar surface area (TPSA) is 128 Å². The Morgan fingerprint density at radius 2 is 1.32 bits per heavy atom. The van der Waals surface area contributed by atoms with E-state index in [2.05, 4.69) is 27.0 Å². The van der Waals surface area contributed by atoms with Gasteiger partial charge in [0.25, 0.3) is 0 Å². The average Bonchev–Trinajstić information content (AvgIpc) is 3.75. The van der Waals surface area contributed by atoms with Crippen LogP contribution in [0.15, 0.2) is 24.3 Å². The van der Waals surface area contributed by atoms with Gasteiger partial charge in [0, 0.05) is 31.6 Å². The Balaban J connectivity index is 0.879. The van der Waals surface area contributed by atoms with Crippen molar-refractivity contribution in [3.05, 3.63) is 24.3 Å². The number of fused-ring (bicyclic) bond motifs is 8. The molecular formula is C44H62O13. The molecule has 0 amide bonds. The van der Waals surface area contributed by atoms with Crippen LogP contribution in [0.1, 0.15) is 105 Å². The van der Waals surface area contributed by atoms with E-state index in [1.807, 2.05) is 13.8 Å². The van der Waals surface area contributed by atoms with Gasteiger partial charge in [-0.3, -0.25) is 4.79 Å². The summed E-state index contributed by atoms with van der Waals surface area (Å²) in [5.74, 6) is -1.69. The first-order valence-corrected chi connectivity index (χ1v) is 22.2. The highest BCUT2D eigenvalue weighted by Crippen LogP contribution is 2.54. The van der Waals surface area contributed by atoms with Crippen molar-refractivity contribution < 1.29 is 61.6 Å². The molecule has 0 N–H and O–H groups in total. The van der Waals surface area contributed by atoms with Crippen molar-refractivity contribution in [2.45, 2.75) is 226 Å². The SMILES string of the molecule is C=C1CC2CCC34CC5OC6C(OC7CCC(CC(=O)OC8C(CC9OC(CCC1O2)CC(C)C9=C)OC1CC2OC(C)(C)OCC2OC1C8C)OC7C6O3)C5O4. The molecule has 13 heteroatoms. The van der Waals surface area contributed by atoms with Gasteiger partial charge in [-0.25, -0.2) is 0 Å². The van der Waals surface area contributed by atoms with Crippen LogP contribution >= 0.6 is 0 Å². The van der Waals surface area contributed by atoms with Gasteiger partial charge in [0.15, 0.2) is 11.6 Å². The molecule has 57 heavy (non-hydrogen) atoms. The predicted molar refractivity (Wildman–Crippen MR) is 200 cm³/mol. The largest absolute Gasteiger partial charge is 0.459 e. The summed E-state index contributed by atoms with van der Waals surface area (Å²) >= 11 is 0. The molecule has 0 aromatic rings. The molecule has 316 valence electrons. The van der Waals surface area contributed by atoms with Crippen LogP contribution in [0.25, 0.3) is 0 Å². The van der Waals surface area contributed by atoms with Crippen molar-refractivity contribution >= 4 is 5.97 Å². The van der Waals surface area contributed by atoms with E-state index in [1.54, 1.807) is 0 Å². The van der Waals surface area contributed by atoms with Crippen molar-refractivity contribution in [1.82, 2.24) is 0 Å². The van der Waals surface area contributed by atoms with Gasteiger partial charge < -0.3 is 56.8 Å². The molecule has 12 saturated heterocycles. The maximum atomic E-state index is 14.1. The Morgan fingerprint density at radius 3 is 2.19 bits per heavy atom. The fourth-order valence-electron chi connectivity index (χ4n) is 12.5. The second-order valence-corrected chi connectivity index (χ2v) is 19.8. The Kier molecular flexibility index (Phi) is 9.64. The van der Waals surface area contributed by atoms with E-state index in [0.717, 1.165) is 49.7 Å². The van der Waals surface area contributed by atoms with Gasteiger partial charge in [-0.1, -0.05) is 27.0 Å². The van der Waals surface area contributed by atoms with Crippen LogP contribution in [0.3, 0.4) is 0 Å². The number of esters is 1. The van der Waals surface area contributed by atoms with Crippen LogP contribution in [0.4, 0.5) is 0 Å². The minimum atomic E-state index is -0.794. The first kappa shape index (κ1) is 38.4. The molecular weight excluding hydrogens is 736 g/mol. The van der Waals surface area contributed by atoms with Crippen LogP contribution in [-0.4, -0.2) is 134 Å². The standard InChI is InChI=1S/C44H62O13/c1-20-13-24-7-9-27-21(2)14-26(47-27)11-12-44-18-33-39(56-44)40-41(52-33)42(57-44)38-28(51-40)10-8-25(49-38)15-35(45)54-37-23(4)36-32(50-31(37)16-29(48-24)22(20)3)17-30-34(53-36)19-46-43(5,6)55-30/h20,23-34,36-42H,2-3,7-19H2,1,4-6H3. The third-order valence-corrected chi connectivity index (χ3v) is 15.4. The molecule has 21 atom stereocenters. The van der Waals surface area contributed by atoms with Crippen LogP contribution in [0.5, 0.6) is 0 Å². The van der Waals surface area contributed by atoms with E-state index in [0.29, 0.717) is 38.7 Å². The summed E-state index contributed by atoms with van der Waals surface area (Å²) in [5, 5.41) is 0. The van der Waals surface area contributed by atoms with Gasteiger partial charge >= 0.3 is 5.97 Å². The third kappa shape index (κ3) is 6.81. The highest BCUT2D eigenvalue weighted by atomic mass is 16.8. The molecule has 12 aliphatic rings. The monoisotopic (exact) mass is 798 g/mol. The summed E-state index contributed by atoms with van der Waals surface area (Å²) in [6.45, 7) is 17.7. The fourth-order valence-corrected chi connectivity index (χ4v) is 12.5. The minimum absolute atomic E-state index is 0.0204. The molecule has 0 radical (unpaired) electrons. The Morgan fingerprint density at radius 1 is 0.579 bits per heavy atom. The third-order valence-electron chi connectivity index (χ3n) is 15.4. The molecule has 13 nitrogen and oxygen atoms in total. The number of rotatable bonds is 0. The highest BCUT2D eigenvalue weighted by molar-refractivity contribution is 5.70. The van der Waals surface area contributed by atoms with Crippen LogP contribution in [0.2, 0.25) is 0 Å². The zero-order valence-electron chi connectivity index (χ0n) is 34.0. The molecule has 21 unspecified atom stereocenters. The number of carbonyl (C=O) groups excluding carboxylic acids is 1. The van der Waals surface area contributed by atoms with Gasteiger partial charge in [-0.15, -0.1) is 0 Å². The number of ether oxygens (including phenoxy) is 12. The smallest absolute Gasteiger partial charge is 0.308 e. The molecule has 1 spiro atoms. The Labute approximate surface area is 336 Å².